The lowest BCUT2D eigenvalue weighted by Gasteiger charge is -2.18. The molecular formula is C10H19N3. The van der Waals surface area contributed by atoms with Gasteiger partial charge in [-0.05, 0) is 6.07 Å². The minimum atomic E-state index is 0.569. The van der Waals surface area contributed by atoms with Crippen molar-refractivity contribution in [2.75, 3.05) is 25.0 Å². The summed E-state index contributed by atoms with van der Waals surface area (Å²) in [6, 6.07) is 2.65. The predicted octanol–water partition coefficient (Wildman–Crippen LogP) is 1.45. The molecule has 0 unspecified atom stereocenters. The van der Waals surface area contributed by atoms with Crippen molar-refractivity contribution in [3.05, 3.63) is 18.5 Å². The summed E-state index contributed by atoms with van der Waals surface area (Å²) in [5.74, 6) is 0. The molecule has 13 heavy (non-hydrogen) atoms. The van der Waals surface area contributed by atoms with E-state index in [-0.39, 0.29) is 0 Å². The molecule has 0 radical (unpaired) electrons. The summed E-state index contributed by atoms with van der Waals surface area (Å²) in [5.41, 5.74) is 1.24. The van der Waals surface area contributed by atoms with Gasteiger partial charge < -0.3 is 15.2 Å². The predicted molar refractivity (Wildman–Crippen MR) is 57.2 cm³/mol. The summed E-state index contributed by atoms with van der Waals surface area (Å²) in [6.45, 7) is 6.39. The zero-order valence-electron chi connectivity index (χ0n) is 8.67. The summed E-state index contributed by atoms with van der Waals surface area (Å²) in [5, 5.41) is 3.39. The van der Waals surface area contributed by atoms with Crippen LogP contribution in [-0.4, -0.2) is 31.2 Å². The molecule has 1 heterocycles. The maximum Gasteiger partial charge on any atom is 0.0541 e. The van der Waals surface area contributed by atoms with Crippen LogP contribution in [0.5, 0.6) is 0 Å². The van der Waals surface area contributed by atoms with Crippen LogP contribution < -0.4 is 10.2 Å². The Labute approximate surface area is 80.1 Å². The molecule has 0 aliphatic heterocycles. The lowest BCUT2D eigenvalue weighted by atomic mass is 10.4. The van der Waals surface area contributed by atoms with Gasteiger partial charge in [-0.1, -0.05) is 13.8 Å². The average Bonchev–Trinajstić information content (AvgIpc) is 2.55. The number of hydrogen-bond acceptors (Lipinski definition) is 2. The normalized spacial score (nSPS) is 10.8. The van der Waals surface area contributed by atoms with Crippen molar-refractivity contribution in [3.63, 3.8) is 0 Å². The molecule has 0 fully saturated rings. The van der Waals surface area contributed by atoms with Crippen molar-refractivity contribution in [3.8, 4) is 0 Å². The summed E-state index contributed by atoms with van der Waals surface area (Å²) in [4.78, 5) is 5.28. The molecule has 0 atom stereocenters. The van der Waals surface area contributed by atoms with Gasteiger partial charge in [0.05, 0.1) is 5.69 Å². The Balaban J connectivity index is 2.22. The molecule has 0 aliphatic carbocycles. The van der Waals surface area contributed by atoms with Crippen molar-refractivity contribution < 1.29 is 0 Å². The number of hydrogen-bond donors (Lipinski definition) is 2. The number of H-pyrrole nitrogens is 1. The van der Waals surface area contributed by atoms with Crippen molar-refractivity contribution in [2.45, 2.75) is 19.9 Å². The highest BCUT2D eigenvalue weighted by Crippen LogP contribution is 2.08. The Kier molecular flexibility index (Phi) is 3.83. The molecule has 1 aromatic heterocycles. The topological polar surface area (TPSA) is 31.1 Å². The third kappa shape index (κ3) is 3.51. The second-order valence-corrected chi connectivity index (χ2v) is 3.60. The molecule has 1 rings (SSSR count). The van der Waals surface area contributed by atoms with E-state index in [0.717, 1.165) is 13.1 Å². The van der Waals surface area contributed by atoms with E-state index in [1.807, 2.05) is 12.4 Å². The van der Waals surface area contributed by atoms with Crippen LogP contribution >= 0.6 is 0 Å². The van der Waals surface area contributed by atoms with Gasteiger partial charge in [0, 0.05) is 38.6 Å². The molecule has 3 nitrogen and oxygen atoms in total. The highest BCUT2D eigenvalue weighted by Gasteiger charge is 1.99. The maximum atomic E-state index is 3.39. The van der Waals surface area contributed by atoms with Crippen LogP contribution in [0.25, 0.3) is 0 Å². The summed E-state index contributed by atoms with van der Waals surface area (Å²) in [6.07, 6.45) is 3.96. The fourth-order valence-corrected chi connectivity index (χ4v) is 1.20. The molecule has 1 aromatic rings. The van der Waals surface area contributed by atoms with Gasteiger partial charge in [-0.25, -0.2) is 0 Å². The van der Waals surface area contributed by atoms with E-state index in [9.17, 15) is 0 Å². The van der Waals surface area contributed by atoms with Crippen LogP contribution in [0.1, 0.15) is 13.8 Å². The third-order valence-corrected chi connectivity index (χ3v) is 2.02. The molecular weight excluding hydrogens is 162 g/mol. The van der Waals surface area contributed by atoms with Gasteiger partial charge in [0.25, 0.3) is 0 Å². The maximum absolute atomic E-state index is 3.39. The van der Waals surface area contributed by atoms with Crippen LogP contribution in [0.4, 0.5) is 5.69 Å². The first kappa shape index (κ1) is 10.1. The monoisotopic (exact) mass is 181 g/mol. The standard InChI is InChI=1S/C10H19N3/c1-9(2)12-6-7-13(3)10-4-5-11-8-10/h4-5,8-9,11-12H,6-7H2,1-3H3. The summed E-state index contributed by atoms with van der Waals surface area (Å²) < 4.78 is 0. The first-order valence-corrected chi connectivity index (χ1v) is 4.77. The lowest BCUT2D eigenvalue weighted by molar-refractivity contribution is 0.589. The molecule has 0 aromatic carbocycles. The molecule has 0 saturated carbocycles. The minimum absolute atomic E-state index is 0.569. The Morgan fingerprint density at radius 2 is 2.31 bits per heavy atom. The largest absolute Gasteiger partial charge is 0.372 e. The molecule has 0 amide bonds. The SMILES string of the molecule is CC(C)NCCN(C)c1cc[nH]c1. The number of aromatic amines is 1. The molecule has 0 saturated heterocycles. The smallest absolute Gasteiger partial charge is 0.0541 e. The first-order chi connectivity index (χ1) is 6.20. The number of nitrogens with one attached hydrogen (secondary N) is 2. The van der Waals surface area contributed by atoms with E-state index >= 15 is 0 Å². The fourth-order valence-electron chi connectivity index (χ4n) is 1.20. The van der Waals surface area contributed by atoms with Crippen LogP contribution in [0.2, 0.25) is 0 Å². The zero-order valence-corrected chi connectivity index (χ0v) is 8.67. The van der Waals surface area contributed by atoms with E-state index in [4.69, 9.17) is 0 Å². The highest BCUT2D eigenvalue weighted by molar-refractivity contribution is 5.42. The van der Waals surface area contributed by atoms with Gasteiger partial charge in [-0.3, -0.25) is 0 Å². The minimum Gasteiger partial charge on any atom is -0.372 e. The Morgan fingerprint density at radius 1 is 1.54 bits per heavy atom. The van der Waals surface area contributed by atoms with Crippen LogP contribution in [-0.2, 0) is 0 Å². The van der Waals surface area contributed by atoms with Crippen molar-refractivity contribution >= 4 is 5.69 Å². The van der Waals surface area contributed by atoms with Crippen molar-refractivity contribution in [2.24, 2.45) is 0 Å². The van der Waals surface area contributed by atoms with Gasteiger partial charge in [-0.15, -0.1) is 0 Å². The van der Waals surface area contributed by atoms with Gasteiger partial charge >= 0.3 is 0 Å². The second kappa shape index (κ2) is 4.92. The summed E-state index contributed by atoms with van der Waals surface area (Å²) in [7, 11) is 2.10. The summed E-state index contributed by atoms with van der Waals surface area (Å²) >= 11 is 0. The van der Waals surface area contributed by atoms with E-state index in [0.29, 0.717) is 6.04 Å². The van der Waals surface area contributed by atoms with Crippen molar-refractivity contribution in [1.82, 2.24) is 10.3 Å². The second-order valence-electron chi connectivity index (χ2n) is 3.60. The van der Waals surface area contributed by atoms with Gasteiger partial charge in [-0.2, -0.15) is 0 Å². The molecule has 0 bridgehead atoms. The molecule has 0 spiro atoms. The van der Waals surface area contributed by atoms with E-state index in [1.54, 1.807) is 0 Å². The average molecular weight is 181 g/mol. The highest BCUT2D eigenvalue weighted by atomic mass is 15.1. The van der Waals surface area contributed by atoms with Gasteiger partial charge in [0.1, 0.15) is 0 Å². The fraction of sp³-hybridized carbons (Fsp3) is 0.600. The number of rotatable bonds is 5. The van der Waals surface area contributed by atoms with Gasteiger partial charge in [0.2, 0.25) is 0 Å². The Hall–Kier alpha value is -0.960. The molecule has 2 N–H and O–H groups in total. The number of likely N-dealkylation sites (N-methyl/N-ethyl adjacent to an activating group) is 1. The zero-order chi connectivity index (χ0) is 9.68. The van der Waals surface area contributed by atoms with Crippen LogP contribution in [0.15, 0.2) is 18.5 Å². The van der Waals surface area contributed by atoms with Crippen LogP contribution in [0.3, 0.4) is 0 Å². The third-order valence-electron chi connectivity index (χ3n) is 2.02. The number of anilines is 1. The molecule has 3 heteroatoms. The van der Waals surface area contributed by atoms with Crippen molar-refractivity contribution in [1.29, 1.82) is 0 Å². The van der Waals surface area contributed by atoms with Crippen LogP contribution in [0, 0.1) is 0 Å². The van der Waals surface area contributed by atoms with E-state index in [1.165, 1.54) is 5.69 Å². The number of nitrogens with zero attached hydrogens (tertiary/aromatic N) is 1. The van der Waals surface area contributed by atoms with E-state index in [2.05, 4.69) is 42.2 Å². The Morgan fingerprint density at radius 3 is 2.85 bits per heavy atom. The molecule has 74 valence electrons. The Bertz CT molecular complexity index is 216. The van der Waals surface area contributed by atoms with Gasteiger partial charge in [0.15, 0.2) is 0 Å². The molecule has 0 aliphatic rings. The lowest BCUT2D eigenvalue weighted by Crippen LogP contribution is -2.32. The first-order valence-electron chi connectivity index (χ1n) is 4.77. The number of aromatic nitrogens is 1. The quantitative estimate of drug-likeness (QED) is 0.720. The van der Waals surface area contributed by atoms with E-state index < -0.39 is 0 Å².